The van der Waals surface area contributed by atoms with Crippen molar-refractivity contribution >= 4 is 15.4 Å². The fourth-order valence-electron chi connectivity index (χ4n) is 1.19. The van der Waals surface area contributed by atoms with Crippen LogP contribution in [0.1, 0.15) is 24.5 Å². The first kappa shape index (κ1) is 10.3. The lowest BCUT2D eigenvalue weighted by Gasteiger charge is -2.11. The van der Waals surface area contributed by atoms with E-state index in [4.69, 9.17) is 4.74 Å². The molecule has 1 aromatic carbocycles. The van der Waals surface area contributed by atoms with Gasteiger partial charge in [-0.2, -0.15) is 0 Å². The quantitative estimate of drug-likeness (QED) is 0.663. The third kappa shape index (κ3) is 2.59. The minimum Gasteiger partial charge on any atom is -0.493 e. The van der Waals surface area contributed by atoms with E-state index >= 15 is 0 Å². The molecular weight excluding hydrogens is 176 g/mol. The van der Waals surface area contributed by atoms with Crippen LogP contribution in [-0.2, 0) is 0 Å². The van der Waals surface area contributed by atoms with Gasteiger partial charge in [-0.05, 0) is 37.5 Å². The molecule has 69 valence electrons. The van der Waals surface area contributed by atoms with E-state index in [1.165, 1.54) is 11.1 Å². The maximum atomic E-state index is 5.62. The number of hydrogen-bond acceptors (Lipinski definition) is 1. The van der Waals surface area contributed by atoms with Crippen LogP contribution in [0.5, 0.6) is 5.75 Å². The van der Waals surface area contributed by atoms with Gasteiger partial charge in [0, 0.05) is 0 Å². The summed E-state index contributed by atoms with van der Waals surface area (Å²) >= 11 is 0. The monoisotopic (exact) mass is 191 g/mol. The molecular formula is C11H15OSi. The SMILES string of the molecule is CCCOc1cc([Si])cc(C)c1C. The smallest absolute Gasteiger partial charge is 0.122 e. The summed E-state index contributed by atoms with van der Waals surface area (Å²) in [6.45, 7) is 7.08. The van der Waals surface area contributed by atoms with E-state index in [1.54, 1.807) is 0 Å². The lowest BCUT2D eigenvalue weighted by molar-refractivity contribution is 0.315. The molecule has 1 nitrogen and oxygen atoms in total. The van der Waals surface area contributed by atoms with E-state index in [-0.39, 0.29) is 0 Å². The van der Waals surface area contributed by atoms with E-state index in [9.17, 15) is 0 Å². The molecule has 2 heteroatoms. The fourth-order valence-corrected chi connectivity index (χ4v) is 1.54. The summed E-state index contributed by atoms with van der Waals surface area (Å²) in [5, 5.41) is 1.08. The first-order valence-electron chi connectivity index (χ1n) is 4.60. The van der Waals surface area contributed by atoms with Crippen LogP contribution >= 0.6 is 0 Å². The van der Waals surface area contributed by atoms with Crippen LogP contribution in [0.4, 0.5) is 0 Å². The Bertz CT molecular complexity index is 294. The molecule has 0 fully saturated rings. The van der Waals surface area contributed by atoms with Crippen LogP contribution in [-0.4, -0.2) is 16.8 Å². The molecule has 0 spiro atoms. The molecule has 0 aliphatic heterocycles. The number of ether oxygens (including phenoxy) is 1. The van der Waals surface area contributed by atoms with Gasteiger partial charge in [0.05, 0.1) is 16.8 Å². The highest BCUT2D eigenvalue weighted by atomic mass is 28.1. The molecule has 0 aliphatic rings. The average Bonchev–Trinajstić information content (AvgIpc) is 2.09. The zero-order valence-corrected chi connectivity index (χ0v) is 9.48. The molecule has 3 radical (unpaired) electrons. The van der Waals surface area contributed by atoms with Gasteiger partial charge in [0.1, 0.15) is 5.75 Å². The van der Waals surface area contributed by atoms with Crippen molar-refractivity contribution in [3.63, 3.8) is 0 Å². The fraction of sp³-hybridized carbons (Fsp3) is 0.455. The second kappa shape index (κ2) is 4.47. The first-order chi connectivity index (χ1) is 6.15. The van der Waals surface area contributed by atoms with Gasteiger partial charge in [-0.1, -0.05) is 18.2 Å². The molecule has 0 amide bonds. The Morgan fingerprint density at radius 2 is 2.00 bits per heavy atom. The highest BCUT2D eigenvalue weighted by molar-refractivity contribution is 6.32. The summed E-state index contributed by atoms with van der Waals surface area (Å²) in [6, 6.07) is 4.12. The Kier molecular flexibility index (Phi) is 3.55. The van der Waals surface area contributed by atoms with Crippen molar-refractivity contribution in [1.82, 2.24) is 0 Å². The van der Waals surface area contributed by atoms with Gasteiger partial charge in [-0.3, -0.25) is 0 Å². The van der Waals surface area contributed by atoms with Crippen molar-refractivity contribution < 1.29 is 4.74 Å². The molecule has 0 bridgehead atoms. The molecule has 0 N–H and O–H groups in total. The minimum atomic E-state index is 0.788. The number of benzene rings is 1. The molecule has 13 heavy (non-hydrogen) atoms. The van der Waals surface area contributed by atoms with Crippen molar-refractivity contribution in [3.05, 3.63) is 23.3 Å². The topological polar surface area (TPSA) is 9.23 Å². The molecule has 0 saturated carbocycles. The van der Waals surface area contributed by atoms with Gasteiger partial charge in [-0.25, -0.2) is 0 Å². The molecule has 0 aliphatic carbocycles. The Morgan fingerprint density at radius 1 is 1.31 bits per heavy atom. The Hall–Kier alpha value is -0.763. The minimum absolute atomic E-state index is 0.788. The van der Waals surface area contributed by atoms with E-state index in [1.807, 2.05) is 6.07 Å². The van der Waals surface area contributed by atoms with E-state index in [0.29, 0.717) is 0 Å². The van der Waals surface area contributed by atoms with Gasteiger partial charge < -0.3 is 4.74 Å². The predicted octanol–water partition coefficient (Wildman–Crippen LogP) is 1.89. The van der Waals surface area contributed by atoms with Crippen molar-refractivity contribution in [2.45, 2.75) is 27.2 Å². The molecule has 0 heterocycles. The highest BCUT2D eigenvalue weighted by Gasteiger charge is 2.02. The van der Waals surface area contributed by atoms with Gasteiger partial charge in [0.15, 0.2) is 0 Å². The lowest BCUT2D eigenvalue weighted by Crippen LogP contribution is -2.07. The normalized spacial score (nSPS) is 10.2. The van der Waals surface area contributed by atoms with Crippen LogP contribution in [0.3, 0.4) is 0 Å². The van der Waals surface area contributed by atoms with E-state index in [2.05, 4.69) is 37.1 Å². The Balaban J connectivity index is 2.92. The van der Waals surface area contributed by atoms with Crippen molar-refractivity contribution in [1.29, 1.82) is 0 Å². The summed E-state index contributed by atoms with van der Waals surface area (Å²) in [5.41, 5.74) is 2.49. The number of rotatable bonds is 3. The third-order valence-electron chi connectivity index (χ3n) is 2.08. The second-order valence-corrected chi connectivity index (χ2v) is 3.84. The molecule has 1 aromatic rings. The zero-order chi connectivity index (χ0) is 9.84. The molecule has 0 unspecified atom stereocenters. The van der Waals surface area contributed by atoms with Crippen LogP contribution < -0.4 is 9.92 Å². The number of hydrogen-bond donors (Lipinski definition) is 0. The van der Waals surface area contributed by atoms with Gasteiger partial charge in [-0.15, -0.1) is 0 Å². The maximum absolute atomic E-state index is 5.62. The van der Waals surface area contributed by atoms with E-state index < -0.39 is 0 Å². The van der Waals surface area contributed by atoms with Gasteiger partial charge >= 0.3 is 0 Å². The highest BCUT2D eigenvalue weighted by Crippen LogP contribution is 2.19. The lowest BCUT2D eigenvalue weighted by atomic mass is 10.1. The summed E-state index contributed by atoms with van der Waals surface area (Å²) in [6.07, 6.45) is 1.05. The summed E-state index contributed by atoms with van der Waals surface area (Å²) < 4.78 is 5.62. The van der Waals surface area contributed by atoms with Crippen LogP contribution in [0, 0.1) is 13.8 Å². The van der Waals surface area contributed by atoms with Crippen molar-refractivity contribution in [2.75, 3.05) is 6.61 Å². The second-order valence-electron chi connectivity index (χ2n) is 3.26. The largest absolute Gasteiger partial charge is 0.493 e. The Labute approximate surface area is 83.5 Å². The first-order valence-corrected chi connectivity index (χ1v) is 5.10. The van der Waals surface area contributed by atoms with Crippen LogP contribution in [0.25, 0.3) is 0 Å². The zero-order valence-electron chi connectivity index (χ0n) is 8.48. The third-order valence-corrected chi connectivity index (χ3v) is 2.37. The van der Waals surface area contributed by atoms with Crippen LogP contribution in [0.15, 0.2) is 12.1 Å². The molecule has 0 aromatic heterocycles. The summed E-state index contributed by atoms with van der Waals surface area (Å²) in [5.74, 6) is 0.992. The van der Waals surface area contributed by atoms with E-state index in [0.717, 1.165) is 24.0 Å². The van der Waals surface area contributed by atoms with Crippen molar-refractivity contribution in [2.24, 2.45) is 0 Å². The summed E-state index contributed by atoms with van der Waals surface area (Å²) in [4.78, 5) is 0. The number of aryl methyl sites for hydroxylation is 1. The molecule has 1 rings (SSSR count). The maximum Gasteiger partial charge on any atom is 0.122 e. The molecule has 0 atom stereocenters. The average molecular weight is 191 g/mol. The summed E-state index contributed by atoms with van der Waals surface area (Å²) in [7, 11) is 3.51. The van der Waals surface area contributed by atoms with Crippen molar-refractivity contribution in [3.8, 4) is 5.75 Å². The Morgan fingerprint density at radius 3 is 2.62 bits per heavy atom. The standard InChI is InChI=1S/C11H15OSi/c1-4-5-12-11-7-10(13)6-8(2)9(11)3/h6-7H,4-5H2,1-3H3. The molecule has 0 saturated heterocycles. The van der Waals surface area contributed by atoms with Crippen LogP contribution in [0.2, 0.25) is 0 Å². The van der Waals surface area contributed by atoms with Gasteiger partial charge in [0.25, 0.3) is 0 Å². The predicted molar refractivity (Wildman–Crippen MR) is 57.1 cm³/mol. The van der Waals surface area contributed by atoms with Gasteiger partial charge in [0.2, 0.25) is 0 Å².